The van der Waals surface area contributed by atoms with Crippen molar-refractivity contribution in [3.63, 3.8) is 0 Å². The standard InChI is InChI=1S/C14H24N4O/c1-10(2)12-13(15)16-9-17-14(12)19-8-6-11-5-4-7-18(11)3/h9-11H,4-8H2,1-3H3,(H2,15,16,17). The van der Waals surface area contributed by atoms with E-state index in [0.29, 0.717) is 24.3 Å². The highest BCUT2D eigenvalue weighted by molar-refractivity contribution is 5.46. The second-order valence-corrected chi connectivity index (χ2v) is 5.55. The predicted molar refractivity (Wildman–Crippen MR) is 76.3 cm³/mol. The van der Waals surface area contributed by atoms with E-state index in [-0.39, 0.29) is 5.92 Å². The summed E-state index contributed by atoms with van der Waals surface area (Å²) < 4.78 is 5.83. The molecule has 1 unspecified atom stereocenters. The summed E-state index contributed by atoms with van der Waals surface area (Å²) in [5, 5.41) is 0. The van der Waals surface area contributed by atoms with E-state index in [2.05, 4.69) is 35.8 Å². The number of nitrogens with zero attached hydrogens (tertiary/aromatic N) is 3. The normalized spacial score (nSPS) is 20.1. The molecule has 2 heterocycles. The first-order chi connectivity index (χ1) is 9.09. The summed E-state index contributed by atoms with van der Waals surface area (Å²) in [6.07, 6.45) is 5.07. The number of ether oxygens (including phenoxy) is 1. The molecule has 5 nitrogen and oxygen atoms in total. The van der Waals surface area contributed by atoms with Crippen molar-refractivity contribution in [3.05, 3.63) is 11.9 Å². The van der Waals surface area contributed by atoms with Crippen LogP contribution >= 0.6 is 0 Å². The van der Waals surface area contributed by atoms with Crippen LogP contribution in [-0.4, -0.2) is 41.1 Å². The van der Waals surface area contributed by atoms with Gasteiger partial charge in [-0.1, -0.05) is 13.8 Å². The molecule has 1 aliphatic rings. The average Bonchev–Trinajstić information content (AvgIpc) is 2.75. The summed E-state index contributed by atoms with van der Waals surface area (Å²) in [5.74, 6) is 1.44. The first-order valence-electron chi connectivity index (χ1n) is 7.03. The fraction of sp³-hybridized carbons (Fsp3) is 0.714. The first-order valence-corrected chi connectivity index (χ1v) is 7.03. The van der Waals surface area contributed by atoms with Crippen molar-refractivity contribution in [1.82, 2.24) is 14.9 Å². The lowest BCUT2D eigenvalue weighted by molar-refractivity contribution is 0.227. The molecule has 1 aromatic heterocycles. The molecule has 2 rings (SSSR count). The third-order valence-corrected chi connectivity index (χ3v) is 3.82. The number of anilines is 1. The van der Waals surface area contributed by atoms with Crippen LogP contribution in [-0.2, 0) is 0 Å². The minimum atomic E-state index is 0.269. The van der Waals surface area contributed by atoms with Gasteiger partial charge in [-0.05, 0) is 38.8 Å². The maximum absolute atomic E-state index is 5.90. The number of aromatic nitrogens is 2. The topological polar surface area (TPSA) is 64.3 Å². The highest BCUT2D eigenvalue weighted by atomic mass is 16.5. The molecule has 2 N–H and O–H groups in total. The Morgan fingerprint density at radius 3 is 2.89 bits per heavy atom. The van der Waals surface area contributed by atoms with Crippen molar-refractivity contribution >= 4 is 5.82 Å². The van der Waals surface area contributed by atoms with E-state index < -0.39 is 0 Å². The van der Waals surface area contributed by atoms with Gasteiger partial charge in [0.05, 0.1) is 12.2 Å². The van der Waals surface area contributed by atoms with Gasteiger partial charge in [-0.15, -0.1) is 0 Å². The van der Waals surface area contributed by atoms with Gasteiger partial charge >= 0.3 is 0 Å². The molecule has 19 heavy (non-hydrogen) atoms. The largest absolute Gasteiger partial charge is 0.477 e. The molecular weight excluding hydrogens is 240 g/mol. The molecule has 0 radical (unpaired) electrons. The Hall–Kier alpha value is -1.36. The van der Waals surface area contributed by atoms with Gasteiger partial charge in [0.15, 0.2) is 0 Å². The lowest BCUT2D eigenvalue weighted by Gasteiger charge is -2.20. The highest BCUT2D eigenvalue weighted by Gasteiger charge is 2.21. The van der Waals surface area contributed by atoms with E-state index in [0.717, 1.165) is 12.0 Å². The number of nitrogens with two attached hydrogens (primary N) is 1. The van der Waals surface area contributed by atoms with Gasteiger partial charge < -0.3 is 15.4 Å². The maximum atomic E-state index is 5.90. The molecule has 0 aliphatic carbocycles. The van der Waals surface area contributed by atoms with Crippen molar-refractivity contribution in [3.8, 4) is 5.88 Å². The van der Waals surface area contributed by atoms with E-state index in [9.17, 15) is 0 Å². The molecule has 0 aromatic carbocycles. The Morgan fingerprint density at radius 1 is 1.47 bits per heavy atom. The van der Waals surface area contributed by atoms with E-state index in [1.165, 1.54) is 25.7 Å². The zero-order valence-corrected chi connectivity index (χ0v) is 12.1. The van der Waals surface area contributed by atoms with Crippen LogP contribution in [0, 0.1) is 0 Å². The van der Waals surface area contributed by atoms with Crippen molar-refractivity contribution in [2.24, 2.45) is 0 Å². The fourth-order valence-electron chi connectivity index (χ4n) is 2.69. The lowest BCUT2D eigenvalue weighted by atomic mass is 10.1. The third-order valence-electron chi connectivity index (χ3n) is 3.82. The molecule has 1 aliphatic heterocycles. The molecule has 1 atom stereocenters. The average molecular weight is 264 g/mol. The van der Waals surface area contributed by atoms with Crippen LogP contribution in [0.5, 0.6) is 5.88 Å². The van der Waals surface area contributed by atoms with E-state index in [4.69, 9.17) is 10.5 Å². The quantitative estimate of drug-likeness (QED) is 0.881. The fourth-order valence-corrected chi connectivity index (χ4v) is 2.69. The SMILES string of the molecule is CC(C)c1c(N)ncnc1OCCC1CCCN1C. The van der Waals surface area contributed by atoms with Crippen LogP contribution in [0.15, 0.2) is 6.33 Å². The zero-order chi connectivity index (χ0) is 13.8. The van der Waals surface area contributed by atoms with E-state index >= 15 is 0 Å². The summed E-state index contributed by atoms with van der Waals surface area (Å²) in [5.41, 5.74) is 6.82. The van der Waals surface area contributed by atoms with Gasteiger partial charge in [0.1, 0.15) is 12.1 Å². The maximum Gasteiger partial charge on any atom is 0.222 e. The molecule has 0 bridgehead atoms. The second-order valence-electron chi connectivity index (χ2n) is 5.55. The Labute approximate surface area is 115 Å². The first kappa shape index (κ1) is 14.1. The minimum absolute atomic E-state index is 0.269. The van der Waals surface area contributed by atoms with E-state index in [1.54, 1.807) is 0 Å². The van der Waals surface area contributed by atoms with Crippen LogP contribution in [0.1, 0.15) is 44.6 Å². The van der Waals surface area contributed by atoms with Crippen molar-refractivity contribution in [2.45, 2.75) is 45.1 Å². The van der Waals surface area contributed by atoms with Crippen molar-refractivity contribution < 1.29 is 4.74 Å². The van der Waals surface area contributed by atoms with Crippen molar-refractivity contribution in [1.29, 1.82) is 0 Å². The van der Waals surface area contributed by atoms with Crippen LogP contribution < -0.4 is 10.5 Å². The van der Waals surface area contributed by atoms with Gasteiger partial charge in [-0.2, -0.15) is 0 Å². The smallest absolute Gasteiger partial charge is 0.222 e. The minimum Gasteiger partial charge on any atom is -0.477 e. The molecule has 106 valence electrons. The Bertz CT molecular complexity index is 422. The van der Waals surface area contributed by atoms with Crippen molar-refractivity contribution in [2.75, 3.05) is 25.9 Å². The molecule has 0 saturated carbocycles. The number of nitrogen functional groups attached to an aromatic ring is 1. The van der Waals surface area contributed by atoms with Crippen LogP contribution in [0.25, 0.3) is 0 Å². The van der Waals surface area contributed by atoms with Gasteiger partial charge in [-0.3, -0.25) is 0 Å². The monoisotopic (exact) mass is 264 g/mol. The lowest BCUT2D eigenvalue weighted by Crippen LogP contribution is -2.26. The Morgan fingerprint density at radius 2 is 2.26 bits per heavy atom. The third kappa shape index (κ3) is 3.35. The molecule has 1 fully saturated rings. The van der Waals surface area contributed by atoms with Crippen LogP contribution in [0.2, 0.25) is 0 Å². The summed E-state index contributed by atoms with van der Waals surface area (Å²) >= 11 is 0. The number of rotatable bonds is 5. The molecule has 1 aromatic rings. The molecular formula is C14H24N4O. The molecule has 0 spiro atoms. The predicted octanol–water partition coefficient (Wildman–Crippen LogP) is 2.05. The number of hydrogen-bond donors (Lipinski definition) is 1. The van der Waals surface area contributed by atoms with Gasteiger partial charge in [-0.25, -0.2) is 9.97 Å². The molecule has 5 heteroatoms. The second kappa shape index (κ2) is 6.19. The van der Waals surface area contributed by atoms with E-state index in [1.807, 2.05) is 0 Å². The van der Waals surface area contributed by atoms with Gasteiger partial charge in [0.2, 0.25) is 5.88 Å². The molecule has 1 saturated heterocycles. The molecule has 0 amide bonds. The van der Waals surface area contributed by atoms with Gasteiger partial charge in [0, 0.05) is 6.04 Å². The summed E-state index contributed by atoms with van der Waals surface area (Å²) in [6, 6.07) is 0.640. The van der Waals surface area contributed by atoms with Crippen LogP contribution in [0.4, 0.5) is 5.82 Å². The Balaban J connectivity index is 1.94. The summed E-state index contributed by atoms with van der Waals surface area (Å²) in [4.78, 5) is 10.7. The van der Waals surface area contributed by atoms with Gasteiger partial charge in [0.25, 0.3) is 0 Å². The zero-order valence-electron chi connectivity index (χ0n) is 12.1. The Kier molecular flexibility index (Phi) is 4.58. The summed E-state index contributed by atoms with van der Waals surface area (Å²) in [7, 11) is 2.18. The number of hydrogen-bond acceptors (Lipinski definition) is 5. The van der Waals surface area contributed by atoms with Crippen LogP contribution in [0.3, 0.4) is 0 Å². The number of likely N-dealkylation sites (tertiary alicyclic amines) is 1. The highest BCUT2D eigenvalue weighted by Crippen LogP contribution is 2.28. The summed E-state index contributed by atoms with van der Waals surface area (Å²) in [6.45, 7) is 6.03.